The minimum Gasteiger partial charge on any atom is -0.378 e. The summed E-state index contributed by atoms with van der Waals surface area (Å²) in [4.78, 5) is 0. The zero-order valence-corrected chi connectivity index (χ0v) is 10.1. The number of nitrogens with two attached hydrogens (primary N) is 1. The van der Waals surface area contributed by atoms with Gasteiger partial charge in [-0.15, -0.1) is 0 Å². The second kappa shape index (κ2) is 4.97. The van der Waals surface area contributed by atoms with Crippen LogP contribution in [0.3, 0.4) is 0 Å². The van der Waals surface area contributed by atoms with Crippen LogP contribution in [-0.2, 0) is 11.8 Å². The van der Waals surface area contributed by atoms with Gasteiger partial charge in [0.25, 0.3) is 0 Å². The largest absolute Gasteiger partial charge is 0.378 e. The molecule has 0 radical (unpaired) electrons. The van der Waals surface area contributed by atoms with Gasteiger partial charge in [0.2, 0.25) is 0 Å². The van der Waals surface area contributed by atoms with Crippen LogP contribution in [0.1, 0.15) is 43.1 Å². The van der Waals surface area contributed by atoms with Crippen LogP contribution in [0.25, 0.3) is 0 Å². The SMILES string of the molecule is Cc1cc(C(N)CCC2CCCO2)n(C)n1. The molecule has 1 aromatic rings. The van der Waals surface area contributed by atoms with Gasteiger partial charge in [-0.1, -0.05) is 0 Å². The monoisotopic (exact) mass is 223 g/mol. The van der Waals surface area contributed by atoms with Gasteiger partial charge in [-0.3, -0.25) is 4.68 Å². The molecule has 0 aromatic carbocycles. The molecule has 2 heterocycles. The van der Waals surface area contributed by atoms with E-state index in [0.29, 0.717) is 6.10 Å². The lowest BCUT2D eigenvalue weighted by atomic mass is 10.0. The zero-order chi connectivity index (χ0) is 11.5. The van der Waals surface area contributed by atoms with Crippen molar-refractivity contribution >= 4 is 0 Å². The molecule has 0 saturated carbocycles. The predicted molar refractivity (Wildman–Crippen MR) is 63.1 cm³/mol. The average molecular weight is 223 g/mol. The number of rotatable bonds is 4. The Balaban J connectivity index is 1.87. The first-order valence-corrected chi connectivity index (χ1v) is 6.04. The number of ether oxygens (including phenoxy) is 1. The highest BCUT2D eigenvalue weighted by Gasteiger charge is 2.18. The fourth-order valence-corrected chi connectivity index (χ4v) is 2.36. The van der Waals surface area contributed by atoms with Crippen molar-refractivity contribution in [1.29, 1.82) is 0 Å². The Kier molecular flexibility index (Phi) is 3.61. The summed E-state index contributed by atoms with van der Waals surface area (Å²) in [7, 11) is 1.95. The van der Waals surface area contributed by atoms with E-state index in [2.05, 4.69) is 11.2 Å². The molecule has 0 bridgehead atoms. The van der Waals surface area contributed by atoms with E-state index in [0.717, 1.165) is 30.8 Å². The van der Waals surface area contributed by atoms with Crippen molar-refractivity contribution in [2.75, 3.05) is 6.61 Å². The molecular formula is C12H21N3O. The standard InChI is InChI=1S/C12H21N3O/c1-9-8-12(15(2)14-9)11(13)6-5-10-4-3-7-16-10/h8,10-11H,3-7,13H2,1-2H3. The first-order chi connectivity index (χ1) is 7.66. The van der Waals surface area contributed by atoms with E-state index in [-0.39, 0.29) is 6.04 Å². The van der Waals surface area contributed by atoms with Crippen LogP contribution >= 0.6 is 0 Å². The lowest BCUT2D eigenvalue weighted by Crippen LogP contribution is -2.17. The molecule has 0 spiro atoms. The summed E-state index contributed by atoms with van der Waals surface area (Å²) in [6, 6.07) is 2.15. The number of aromatic nitrogens is 2. The Labute approximate surface area is 96.8 Å². The first kappa shape index (κ1) is 11.6. The molecule has 1 aromatic heterocycles. The third kappa shape index (κ3) is 2.62. The van der Waals surface area contributed by atoms with Crippen molar-refractivity contribution in [3.8, 4) is 0 Å². The van der Waals surface area contributed by atoms with Gasteiger partial charge in [0.1, 0.15) is 0 Å². The van der Waals surface area contributed by atoms with Crippen molar-refractivity contribution in [3.63, 3.8) is 0 Å². The highest BCUT2D eigenvalue weighted by atomic mass is 16.5. The van der Waals surface area contributed by atoms with E-state index < -0.39 is 0 Å². The Morgan fingerprint density at radius 3 is 3.06 bits per heavy atom. The van der Waals surface area contributed by atoms with Crippen molar-refractivity contribution < 1.29 is 4.74 Å². The number of aryl methyl sites for hydroxylation is 2. The van der Waals surface area contributed by atoms with Crippen LogP contribution in [-0.4, -0.2) is 22.5 Å². The summed E-state index contributed by atoms with van der Waals surface area (Å²) < 4.78 is 7.48. The summed E-state index contributed by atoms with van der Waals surface area (Å²) in [5.41, 5.74) is 8.32. The number of hydrogen-bond acceptors (Lipinski definition) is 3. The Morgan fingerprint density at radius 1 is 1.69 bits per heavy atom. The van der Waals surface area contributed by atoms with Gasteiger partial charge in [-0.25, -0.2) is 0 Å². The van der Waals surface area contributed by atoms with Gasteiger partial charge in [0, 0.05) is 19.7 Å². The third-order valence-corrected chi connectivity index (χ3v) is 3.24. The molecule has 0 amide bonds. The Morgan fingerprint density at radius 2 is 2.50 bits per heavy atom. The fourth-order valence-electron chi connectivity index (χ4n) is 2.36. The lowest BCUT2D eigenvalue weighted by molar-refractivity contribution is 0.100. The molecule has 16 heavy (non-hydrogen) atoms. The molecule has 90 valence electrons. The summed E-state index contributed by atoms with van der Waals surface area (Å²) >= 11 is 0. The molecule has 1 saturated heterocycles. The summed E-state index contributed by atoms with van der Waals surface area (Å²) in [5, 5.41) is 4.32. The highest BCUT2D eigenvalue weighted by Crippen LogP contribution is 2.22. The maximum Gasteiger partial charge on any atom is 0.0597 e. The fraction of sp³-hybridized carbons (Fsp3) is 0.750. The lowest BCUT2D eigenvalue weighted by Gasteiger charge is -2.14. The Hall–Kier alpha value is -0.870. The minimum absolute atomic E-state index is 0.0791. The highest BCUT2D eigenvalue weighted by molar-refractivity contribution is 5.12. The molecular weight excluding hydrogens is 202 g/mol. The maximum absolute atomic E-state index is 6.17. The van der Waals surface area contributed by atoms with E-state index in [1.165, 1.54) is 12.8 Å². The smallest absolute Gasteiger partial charge is 0.0597 e. The first-order valence-electron chi connectivity index (χ1n) is 6.04. The van der Waals surface area contributed by atoms with Gasteiger partial charge in [-0.05, 0) is 38.7 Å². The van der Waals surface area contributed by atoms with Crippen LogP contribution in [0.4, 0.5) is 0 Å². The normalized spacial score (nSPS) is 22.6. The maximum atomic E-state index is 6.17. The zero-order valence-electron chi connectivity index (χ0n) is 10.1. The number of nitrogens with zero attached hydrogens (tertiary/aromatic N) is 2. The van der Waals surface area contributed by atoms with Gasteiger partial charge >= 0.3 is 0 Å². The average Bonchev–Trinajstić information content (AvgIpc) is 2.84. The molecule has 2 unspecified atom stereocenters. The minimum atomic E-state index is 0.0791. The van der Waals surface area contributed by atoms with E-state index in [1.807, 2.05) is 18.7 Å². The second-order valence-electron chi connectivity index (χ2n) is 4.65. The predicted octanol–water partition coefficient (Wildman–Crippen LogP) is 1.69. The molecule has 2 N–H and O–H groups in total. The molecule has 2 atom stereocenters. The van der Waals surface area contributed by atoms with Gasteiger partial charge < -0.3 is 10.5 Å². The summed E-state index contributed by atoms with van der Waals surface area (Å²) in [6.07, 6.45) is 4.86. The van der Waals surface area contributed by atoms with Gasteiger partial charge in [0.15, 0.2) is 0 Å². The molecule has 1 aliphatic rings. The van der Waals surface area contributed by atoms with Crippen LogP contribution in [0, 0.1) is 6.92 Å². The Bertz CT molecular complexity index is 342. The third-order valence-electron chi connectivity index (χ3n) is 3.24. The van der Waals surface area contributed by atoms with E-state index in [4.69, 9.17) is 10.5 Å². The van der Waals surface area contributed by atoms with E-state index in [9.17, 15) is 0 Å². The summed E-state index contributed by atoms with van der Waals surface area (Å²) in [5.74, 6) is 0. The van der Waals surface area contributed by atoms with Crippen LogP contribution < -0.4 is 5.73 Å². The molecule has 4 nitrogen and oxygen atoms in total. The second-order valence-corrected chi connectivity index (χ2v) is 4.65. The number of hydrogen-bond donors (Lipinski definition) is 1. The topological polar surface area (TPSA) is 53.1 Å². The van der Waals surface area contributed by atoms with Crippen LogP contribution in [0.5, 0.6) is 0 Å². The molecule has 4 heteroatoms. The van der Waals surface area contributed by atoms with Crippen molar-refractivity contribution in [1.82, 2.24) is 9.78 Å². The molecule has 2 rings (SSSR count). The van der Waals surface area contributed by atoms with E-state index >= 15 is 0 Å². The molecule has 1 fully saturated rings. The molecule has 1 aliphatic heterocycles. The van der Waals surface area contributed by atoms with Crippen molar-refractivity contribution in [2.45, 2.75) is 44.8 Å². The van der Waals surface area contributed by atoms with Crippen LogP contribution in [0.2, 0.25) is 0 Å². The summed E-state index contributed by atoms with van der Waals surface area (Å²) in [6.45, 7) is 2.92. The van der Waals surface area contributed by atoms with Crippen LogP contribution in [0.15, 0.2) is 6.07 Å². The van der Waals surface area contributed by atoms with Gasteiger partial charge in [0.05, 0.1) is 17.5 Å². The molecule has 0 aliphatic carbocycles. The van der Waals surface area contributed by atoms with Gasteiger partial charge in [-0.2, -0.15) is 5.10 Å². The van der Waals surface area contributed by atoms with Crippen molar-refractivity contribution in [3.05, 3.63) is 17.5 Å². The van der Waals surface area contributed by atoms with Crippen molar-refractivity contribution in [2.24, 2.45) is 12.8 Å². The quantitative estimate of drug-likeness (QED) is 0.845. The van der Waals surface area contributed by atoms with E-state index in [1.54, 1.807) is 0 Å².